The monoisotopic (exact) mass is 517 g/mol. The summed E-state index contributed by atoms with van der Waals surface area (Å²) in [5.41, 5.74) is 3.13. The highest BCUT2D eigenvalue weighted by molar-refractivity contribution is 7.99. The third kappa shape index (κ3) is 6.68. The first-order chi connectivity index (χ1) is 18.0. The van der Waals surface area contributed by atoms with Crippen LogP contribution in [0.25, 0.3) is 5.69 Å². The number of carbonyl (C=O) groups excluding carboxylic acids is 2. The predicted molar refractivity (Wildman–Crippen MR) is 143 cm³/mol. The van der Waals surface area contributed by atoms with Gasteiger partial charge in [-0.3, -0.25) is 14.2 Å². The number of nitrogens with zero attached hydrogens (tertiary/aromatic N) is 3. The Bertz CT molecular complexity index is 1350. The molecule has 0 bridgehead atoms. The van der Waals surface area contributed by atoms with Crippen LogP contribution in [0, 0.1) is 6.92 Å². The van der Waals surface area contributed by atoms with Crippen LogP contribution < -0.4 is 20.1 Å². The number of thioether (sulfide) groups is 1. The van der Waals surface area contributed by atoms with Gasteiger partial charge in [-0.2, -0.15) is 0 Å². The molecule has 3 aromatic carbocycles. The summed E-state index contributed by atoms with van der Waals surface area (Å²) in [5, 5.41) is 14.9. The number of benzene rings is 3. The van der Waals surface area contributed by atoms with Crippen LogP contribution in [0.15, 0.2) is 78.0 Å². The second-order valence-electron chi connectivity index (χ2n) is 8.05. The summed E-state index contributed by atoms with van der Waals surface area (Å²) in [6.07, 6.45) is 0. The maximum atomic E-state index is 12.7. The second kappa shape index (κ2) is 12.1. The van der Waals surface area contributed by atoms with E-state index in [1.165, 1.54) is 11.8 Å². The van der Waals surface area contributed by atoms with Crippen LogP contribution in [-0.2, 0) is 11.3 Å². The fourth-order valence-corrected chi connectivity index (χ4v) is 4.24. The van der Waals surface area contributed by atoms with Crippen LogP contribution in [0.4, 0.5) is 5.69 Å². The Morgan fingerprint density at radius 2 is 1.49 bits per heavy atom. The Morgan fingerprint density at radius 1 is 0.865 bits per heavy atom. The molecule has 2 N–H and O–H groups in total. The highest BCUT2D eigenvalue weighted by Gasteiger charge is 2.17. The van der Waals surface area contributed by atoms with Gasteiger partial charge >= 0.3 is 0 Å². The first-order valence-electron chi connectivity index (χ1n) is 11.5. The van der Waals surface area contributed by atoms with Crippen LogP contribution in [0.2, 0.25) is 0 Å². The van der Waals surface area contributed by atoms with Crippen molar-refractivity contribution >= 4 is 29.3 Å². The number of methoxy groups -OCH3 is 2. The topological polar surface area (TPSA) is 107 Å². The largest absolute Gasteiger partial charge is 0.497 e. The van der Waals surface area contributed by atoms with E-state index in [0.717, 1.165) is 16.9 Å². The number of hydrogen-bond acceptors (Lipinski definition) is 7. The van der Waals surface area contributed by atoms with E-state index in [2.05, 4.69) is 20.8 Å². The van der Waals surface area contributed by atoms with Crippen molar-refractivity contribution in [2.75, 3.05) is 25.3 Å². The van der Waals surface area contributed by atoms with E-state index in [0.29, 0.717) is 28.0 Å². The molecule has 190 valence electrons. The molecule has 1 heterocycles. The van der Waals surface area contributed by atoms with Gasteiger partial charge in [-0.05, 0) is 67.6 Å². The molecule has 1 aromatic heterocycles. The van der Waals surface area contributed by atoms with Crippen molar-refractivity contribution < 1.29 is 19.1 Å². The number of aryl methyl sites for hydroxylation is 1. The van der Waals surface area contributed by atoms with Crippen molar-refractivity contribution in [3.63, 3.8) is 0 Å². The maximum absolute atomic E-state index is 12.7. The van der Waals surface area contributed by atoms with Gasteiger partial charge in [0.15, 0.2) is 11.0 Å². The molecule has 10 heteroatoms. The minimum Gasteiger partial charge on any atom is -0.497 e. The number of rotatable bonds is 10. The molecule has 0 atom stereocenters. The Morgan fingerprint density at radius 3 is 2.11 bits per heavy atom. The fraction of sp³-hybridized carbons (Fsp3) is 0.185. The van der Waals surface area contributed by atoms with Crippen LogP contribution in [0.3, 0.4) is 0 Å². The lowest BCUT2D eigenvalue weighted by atomic mass is 10.2. The molecule has 0 saturated heterocycles. The van der Waals surface area contributed by atoms with E-state index in [9.17, 15) is 9.59 Å². The summed E-state index contributed by atoms with van der Waals surface area (Å²) in [5.74, 6) is 1.63. The van der Waals surface area contributed by atoms with Gasteiger partial charge in [0, 0.05) is 16.9 Å². The minimum atomic E-state index is -0.251. The van der Waals surface area contributed by atoms with Crippen LogP contribution in [0.1, 0.15) is 21.7 Å². The molecule has 0 aliphatic rings. The van der Waals surface area contributed by atoms with E-state index in [1.807, 2.05) is 60.0 Å². The molecule has 0 unspecified atom stereocenters. The fourth-order valence-electron chi connectivity index (χ4n) is 3.47. The first-order valence-corrected chi connectivity index (χ1v) is 12.5. The van der Waals surface area contributed by atoms with Gasteiger partial charge in [0.1, 0.15) is 11.5 Å². The number of aromatic nitrogens is 3. The highest BCUT2D eigenvalue weighted by Crippen LogP contribution is 2.24. The SMILES string of the molecule is COc1ccc(C(=O)NCc2nnc(SCC(=O)Nc3ccc(C)cc3)n2-c2ccc(OC)cc2)cc1. The first kappa shape index (κ1) is 25.8. The molecule has 2 amide bonds. The smallest absolute Gasteiger partial charge is 0.251 e. The number of anilines is 1. The number of nitrogens with one attached hydrogen (secondary N) is 2. The molecule has 4 rings (SSSR count). The molecule has 9 nitrogen and oxygen atoms in total. The van der Waals surface area contributed by atoms with Crippen LogP contribution >= 0.6 is 11.8 Å². The zero-order valence-corrected chi connectivity index (χ0v) is 21.5. The number of carbonyl (C=O) groups is 2. The van der Waals surface area contributed by atoms with Gasteiger partial charge in [-0.15, -0.1) is 10.2 Å². The number of amides is 2. The third-order valence-corrected chi connectivity index (χ3v) is 6.39. The summed E-state index contributed by atoms with van der Waals surface area (Å²) in [6, 6.07) is 21.8. The van der Waals surface area contributed by atoms with Crippen molar-refractivity contribution in [3.05, 3.63) is 89.7 Å². The Kier molecular flexibility index (Phi) is 8.42. The molecule has 4 aromatic rings. The minimum absolute atomic E-state index is 0.139. The summed E-state index contributed by atoms with van der Waals surface area (Å²) < 4.78 is 12.2. The Hall–Kier alpha value is -4.31. The quantitative estimate of drug-likeness (QED) is 0.303. The van der Waals surface area contributed by atoms with Crippen molar-refractivity contribution in [3.8, 4) is 17.2 Å². The number of hydrogen-bond donors (Lipinski definition) is 2. The lowest BCUT2D eigenvalue weighted by molar-refractivity contribution is -0.113. The zero-order chi connectivity index (χ0) is 26.2. The van der Waals surface area contributed by atoms with E-state index in [-0.39, 0.29) is 24.1 Å². The van der Waals surface area contributed by atoms with E-state index in [1.54, 1.807) is 38.5 Å². The number of ether oxygens (including phenoxy) is 2. The summed E-state index contributed by atoms with van der Waals surface area (Å²) in [7, 11) is 3.17. The summed E-state index contributed by atoms with van der Waals surface area (Å²) in [6.45, 7) is 2.13. The molecule has 0 aliphatic carbocycles. The van der Waals surface area contributed by atoms with Crippen molar-refractivity contribution in [2.24, 2.45) is 0 Å². The molecule has 0 aliphatic heterocycles. The van der Waals surface area contributed by atoms with E-state index < -0.39 is 0 Å². The standard InChI is InChI=1S/C27H27N5O4S/c1-18-4-8-20(9-5-18)29-25(33)17-37-27-31-30-24(32(27)21-10-14-23(36-3)15-11-21)16-28-26(34)19-6-12-22(35-2)13-7-19/h4-15H,16-17H2,1-3H3,(H,28,34)(H,29,33). The predicted octanol–water partition coefficient (Wildman–Crippen LogP) is 4.25. The van der Waals surface area contributed by atoms with Gasteiger partial charge in [0.2, 0.25) is 5.91 Å². The zero-order valence-electron chi connectivity index (χ0n) is 20.7. The van der Waals surface area contributed by atoms with Gasteiger partial charge in [0.05, 0.1) is 26.5 Å². The lowest BCUT2D eigenvalue weighted by Gasteiger charge is -2.12. The van der Waals surface area contributed by atoms with Gasteiger partial charge in [0.25, 0.3) is 5.91 Å². The molecule has 0 saturated carbocycles. The van der Waals surface area contributed by atoms with Crippen LogP contribution in [-0.4, -0.2) is 46.6 Å². The van der Waals surface area contributed by atoms with Crippen molar-refractivity contribution in [1.29, 1.82) is 0 Å². The van der Waals surface area contributed by atoms with Gasteiger partial charge in [-0.1, -0.05) is 29.5 Å². The lowest BCUT2D eigenvalue weighted by Crippen LogP contribution is -2.24. The maximum Gasteiger partial charge on any atom is 0.251 e. The van der Waals surface area contributed by atoms with Crippen LogP contribution in [0.5, 0.6) is 11.5 Å². The molecular weight excluding hydrogens is 490 g/mol. The molecular formula is C27H27N5O4S. The van der Waals surface area contributed by atoms with Gasteiger partial charge in [-0.25, -0.2) is 0 Å². The van der Waals surface area contributed by atoms with Crippen molar-refractivity contribution in [1.82, 2.24) is 20.1 Å². The average Bonchev–Trinajstić information content (AvgIpc) is 3.34. The van der Waals surface area contributed by atoms with E-state index in [4.69, 9.17) is 9.47 Å². The van der Waals surface area contributed by atoms with E-state index >= 15 is 0 Å². The molecule has 0 spiro atoms. The molecule has 0 fully saturated rings. The summed E-state index contributed by atoms with van der Waals surface area (Å²) in [4.78, 5) is 25.2. The third-order valence-electron chi connectivity index (χ3n) is 5.46. The normalized spacial score (nSPS) is 10.6. The highest BCUT2D eigenvalue weighted by atomic mass is 32.2. The molecule has 0 radical (unpaired) electrons. The molecule has 37 heavy (non-hydrogen) atoms. The summed E-state index contributed by atoms with van der Waals surface area (Å²) >= 11 is 1.26. The van der Waals surface area contributed by atoms with Crippen molar-refractivity contribution in [2.45, 2.75) is 18.6 Å². The Balaban J connectivity index is 1.49. The Labute approximate surface area is 219 Å². The second-order valence-corrected chi connectivity index (χ2v) is 8.99. The van der Waals surface area contributed by atoms with Gasteiger partial charge < -0.3 is 20.1 Å². The average molecular weight is 518 g/mol.